The molecule has 0 fully saturated rings. The van der Waals surface area contributed by atoms with Crippen LogP contribution >= 0.6 is 8.43 Å². The van der Waals surface area contributed by atoms with Crippen LogP contribution in [0.2, 0.25) is 0 Å². The van der Waals surface area contributed by atoms with E-state index in [0.717, 1.165) is 25.5 Å². The van der Waals surface area contributed by atoms with Crippen LogP contribution in [0.4, 0.5) is 11.4 Å². The number of hydrogen-bond acceptors (Lipinski definition) is 2. The highest BCUT2D eigenvalue weighted by atomic mass is 31.1. The fourth-order valence-corrected chi connectivity index (χ4v) is 2.88. The van der Waals surface area contributed by atoms with E-state index in [0.29, 0.717) is 6.61 Å². The number of allylic oxidation sites excluding steroid dienone is 3. The molecule has 0 bridgehead atoms. The molecule has 0 atom stereocenters. The second kappa shape index (κ2) is 9.98. The van der Waals surface area contributed by atoms with Gasteiger partial charge in [-0.2, -0.15) is 0 Å². The zero-order valence-corrected chi connectivity index (χ0v) is 16.3. The van der Waals surface area contributed by atoms with E-state index < -0.39 is 0 Å². The molecule has 130 valence electrons. The quantitative estimate of drug-likeness (QED) is 0.411. The molecular formula is C22H26NOP. The van der Waals surface area contributed by atoms with Crippen molar-refractivity contribution in [1.82, 2.24) is 0 Å². The van der Waals surface area contributed by atoms with Crippen LogP contribution in [0.1, 0.15) is 25.0 Å². The molecule has 0 heterocycles. The predicted molar refractivity (Wildman–Crippen MR) is 112 cm³/mol. The van der Waals surface area contributed by atoms with Gasteiger partial charge in [0.1, 0.15) is 0 Å². The molecule has 2 nitrogen and oxygen atoms in total. The van der Waals surface area contributed by atoms with Gasteiger partial charge in [0.15, 0.2) is 0 Å². The summed E-state index contributed by atoms with van der Waals surface area (Å²) in [6.45, 7) is 8.97. The lowest BCUT2D eigenvalue weighted by Crippen LogP contribution is -2.15. The molecule has 0 saturated heterocycles. The Bertz CT molecular complexity index is 697. The van der Waals surface area contributed by atoms with Crippen LogP contribution < -0.4 is 4.90 Å². The fraction of sp³-hybridized carbons (Fsp3) is 0.227. The summed E-state index contributed by atoms with van der Waals surface area (Å²) in [7, 11) is 0.865. The van der Waals surface area contributed by atoms with Crippen LogP contribution in [0.25, 0.3) is 0 Å². The standard InChI is InChI=1S/C22H26NOP/c1-5-7-20(16-17-25-24-6-2)23(21-12-8-18(3)9-13-21)22-14-10-19(4)11-15-22/h5,7-17H,6H2,1-4H3/b7-5-,20-16+. The molecule has 0 radical (unpaired) electrons. The predicted octanol–water partition coefficient (Wildman–Crippen LogP) is 6.60. The molecule has 2 aromatic rings. The molecule has 0 amide bonds. The fourth-order valence-electron chi connectivity index (χ4n) is 2.43. The minimum absolute atomic E-state index is 0.713. The van der Waals surface area contributed by atoms with Crippen molar-refractivity contribution in [3.05, 3.63) is 83.6 Å². The van der Waals surface area contributed by atoms with Gasteiger partial charge in [-0.05, 0) is 69.9 Å². The van der Waals surface area contributed by atoms with Crippen LogP contribution in [0.5, 0.6) is 0 Å². The van der Waals surface area contributed by atoms with Crippen molar-refractivity contribution >= 4 is 25.6 Å². The van der Waals surface area contributed by atoms with Gasteiger partial charge in [0.2, 0.25) is 0 Å². The second-order valence-corrected chi connectivity index (χ2v) is 6.54. The van der Waals surface area contributed by atoms with E-state index in [1.807, 2.05) is 19.6 Å². The Morgan fingerprint density at radius 1 is 0.960 bits per heavy atom. The highest BCUT2D eigenvalue weighted by Crippen LogP contribution is 2.31. The summed E-state index contributed by atoms with van der Waals surface area (Å²) in [4.78, 5) is 2.26. The number of hydrogen-bond donors (Lipinski definition) is 0. The average molecular weight is 351 g/mol. The lowest BCUT2D eigenvalue weighted by Gasteiger charge is -2.26. The zero-order chi connectivity index (χ0) is 18.1. The molecular weight excluding hydrogens is 325 g/mol. The van der Waals surface area contributed by atoms with E-state index in [4.69, 9.17) is 4.52 Å². The van der Waals surface area contributed by atoms with Crippen molar-refractivity contribution < 1.29 is 4.52 Å². The topological polar surface area (TPSA) is 12.5 Å². The summed E-state index contributed by atoms with van der Waals surface area (Å²) >= 11 is 0. The Kier molecular flexibility index (Phi) is 7.66. The summed E-state index contributed by atoms with van der Waals surface area (Å²) in [6.07, 6.45) is 6.29. The van der Waals surface area contributed by atoms with Crippen molar-refractivity contribution in [2.75, 3.05) is 11.5 Å². The van der Waals surface area contributed by atoms with Crippen molar-refractivity contribution in [1.29, 1.82) is 0 Å². The average Bonchev–Trinajstić information content (AvgIpc) is 2.62. The number of aryl methyl sites for hydroxylation is 2. The highest BCUT2D eigenvalue weighted by molar-refractivity contribution is 7.33. The third-order valence-electron chi connectivity index (χ3n) is 3.69. The van der Waals surface area contributed by atoms with Gasteiger partial charge in [-0.25, -0.2) is 0 Å². The lowest BCUT2D eigenvalue weighted by atomic mass is 10.1. The highest BCUT2D eigenvalue weighted by Gasteiger charge is 2.12. The van der Waals surface area contributed by atoms with Crippen molar-refractivity contribution in [2.45, 2.75) is 27.7 Å². The van der Waals surface area contributed by atoms with Crippen LogP contribution in [0, 0.1) is 13.8 Å². The summed E-state index contributed by atoms with van der Waals surface area (Å²) < 4.78 is 5.41. The van der Waals surface area contributed by atoms with E-state index in [1.165, 1.54) is 11.1 Å². The number of benzene rings is 2. The van der Waals surface area contributed by atoms with Gasteiger partial charge in [-0.1, -0.05) is 41.5 Å². The SMILES string of the molecule is C/C=C\C(=C/C=POCC)N(c1ccc(C)cc1)c1ccc(C)cc1. The number of nitrogens with zero attached hydrogens (tertiary/aromatic N) is 1. The summed E-state index contributed by atoms with van der Waals surface area (Å²) in [6, 6.07) is 17.2. The molecule has 0 aliphatic carbocycles. The number of rotatable bonds is 7. The van der Waals surface area contributed by atoms with Gasteiger partial charge in [0, 0.05) is 17.1 Å². The lowest BCUT2D eigenvalue weighted by molar-refractivity contribution is 0.398. The monoisotopic (exact) mass is 351 g/mol. The van der Waals surface area contributed by atoms with Gasteiger partial charge in [-0.15, -0.1) is 0 Å². The Hall–Kier alpha value is -2.15. The maximum Gasteiger partial charge on any atom is 0.0556 e. The largest absolute Gasteiger partial charge is 0.327 e. The molecule has 0 aliphatic heterocycles. The maximum absolute atomic E-state index is 5.41. The van der Waals surface area contributed by atoms with Gasteiger partial charge >= 0.3 is 0 Å². The van der Waals surface area contributed by atoms with E-state index in [9.17, 15) is 0 Å². The van der Waals surface area contributed by atoms with Crippen LogP contribution in [0.3, 0.4) is 0 Å². The molecule has 0 aliphatic rings. The van der Waals surface area contributed by atoms with Crippen LogP contribution in [-0.4, -0.2) is 12.4 Å². The molecule has 0 N–H and O–H groups in total. The van der Waals surface area contributed by atoms with Crippen LogP contribution in [0.15, 0.2) is 72.5 Å². The Labute approximate surface area is 153 Å². The molecule has 3 heteroatoms. The van der Waals surface area contributed by atoms with Gasteiger partial charge in [-0.3, -0.25) is 0 Å². The number of anilines is 2. The van der Waals surface area contributed by atoms with E-state index >= 15 is 0 Å². The van der Waals surface area contributed by atoms with Crippen molar-refractivity contribution in [3.63, 3.8) is 0 Å². The minimum atomic E-state index is 0.713. The molecule has 2 rings (SSSR count). The van der Waals surface area contributed by atoms with Gasteiger partial charge in [0.05, 0.1) is 15.0 Å². The smallest absolute Gasteiger partial charge is 0.0556 e. The van der Waals surface area contributed by atoms with Crippen molar-refractivity contribution in [2.24, 2.45) is 0 Å². The molecule has 2 aromatic carbocycles. The second-order valence-electron chi connectivity index (χ2n) is 5.77. The molecule has 0 aromatic heterocycles. The third kappa shape index (κ3) is 5.70. The first-order valence-corrected chi connectivity index (χ1v) is 9.45. The Morgan fingerprint density at radius 2 is 1.48 bits per heavy atom. The first-order valence-electron chi connectivity index (χ1n) is 8.57. The zero-order valence-electron chi connectivity index (χ0n) is 15.4. The Morgan fingerprint density at radius 3 is 1.92 bits per heavy atom. The molecule has 0 unspecified atom stereocenters. The van der Waals surface area contributed by atoms with E-state index in [2.05, 4.69) is 85.5 Å². The third-order valence-corrected chi connectivity index (χ3v) is 4.37. The van der Waals surface area contributed by atoms with Gasteiger partial charge < -0.3 is 9.42 Å². The Balaban J connectivity index is 2.50. The molecule has 0 spiro atoms. The van der Waals surface area contributed by atoms with E-state index in [1.54, 1.807) is 0 Å². The van der Waals surface area contributed by atoms with E-state index in [-0.39, 0.29) is 0 Å². The maximum atomic E-state index is 5.41. The first kappa shape index (κ1) is 19.2. The summed E-state index contributed by atoms with van der Waals surface area (Å²) in [5, 5.41) is 0. The minimum Gasteiger partial charge on any atom is -0.327 e. The first-order chi connectivity index (χ1) is 12.2. The molecule has 0 saturated carbocycles. The van der Waals surface area contributed by atoms with Gasteiger partial charge in [0.25, 0.3) is 0 Å². The molecule has 25 heavy (non-hydrogen) atoms. The van der Waals surface area contributed by atoms with Crippen LogP contribution in [-0.2, 0) is 4.52 Å². The van der Waals surface area contributed by atoms with Crippen molar-refractivity contribution in [3.8, 4) is 0 Å². The summed E-state index contributed by atoms with van der Waals surface area (Å²) in [5.41, 5.74) is 5.89. The normalized spacial score (nSPS) is 12.2. The summed E-state index contributed by atoms with van der Waals surface area (Å²) in [5.74, 6) is 2.04.